The van der Waals surface area contributed by atoms with E-state index in [-0.39, 0.29) is 40.4 Å². The Balaban J connectivity index is 2.01. The summed E-state index contributed by atoms with van der Waals surface area (Å²) in [6.45, 7) is 7.50. The molecule has 0 aromatic heterocycles. The third kappa shape index (κ3) is 5.46. The zero-order valence-electron chi connectivity index (χ0n) is 24.7. The van der Waals surface area contributed by atoms with Gasteiger partial charge in [0, 0.05) is 18.0 Å². The summed E-state index contributed by atoms with van der Waals surface area (Å²) < 4.78 is 146. The van der Waals surface area contributed by atoms with Crippen molar-refractivity contribution in [2.75, 3.05) is 20.8 Å². The van der Waals surface area contributed by atoms with Gasteiger partial charge in [-0.05, 0) is 71.8 Å². The van der Waals surface area contributed by atoms with Crippen LogP contribution in [0.15, 0.2) is 6.07 Å². The van der Waals surface area contributed by atoms with Crippen LogP contribution in [0.2, 0.25) is 0 Å². The van der Waals surface area contributed by atoms with Crippen molar-refractivity contribution in [3.05, 3.63) is 17.2 Å². The molecule has 5 atom stereocenters. The summed E-state index contributed by atoms with van der Waals surface area (Å²) in [5, 5.41) is 0. The Kier molecular flexibility index (Phi) is 8.34. The van der Waals surface area contributed by atoms with Gasteiger partial charge in [0.2, 0.25) is 5.75 Å². The van der Waals surface area contributed by atoms with Crippen LogP contribution in [0.1, 0.15) is 83.3 Å². The zero-order chi connectivity index (χ0) is 32.6. The number of rotatable bonds is 7. The molecule has 16 heteroatoms. The molecule has 2 saturated carbocycles. The highest BCUT2D eigenvalue weighted by Crippen LogP contribution is 2.69. The molecular weight excluding hydrogens is 628 g/mol. The van der Waals surface area contributed by atoms with Crippen molar-refractivity contribution in [3.8, 4) is 17.2 Å². The van der Waals surface area contributed by atoms with E-state index >= 15 is 0 Å². The highest BCUT2D eigenvalue weighted by molar-refractivity contribution is 7.90. The first-order valence-corrected chi connectivity index (χ1v) is 16.7. The molecule has 0 spiro atoms. The third-order valence-electron chi connectivity index (χ3n) is 10.3. The van der Waals surface area contributed by atoms with E-state index in [4.69, 9.17) is 13.7 Å². The van der Waals surface area contributed by atoms with Crippen molar-refractivity contribution in [1.29, 1.82) is 0 Å². The lowest BCUT2D eigenvalue weighted by atomic mass is 9.40. The summed E-state index contributed by atoms with van der Waals surface area (Å²) in [5.74, 6) is -2.79. The molecule has 1 aromatic carbocycles. The predicted octanol–water partition coefficient (Wildman–Crippen LogP) is 6.36. The van der Waals surface area contributed by atoms with Gasteiger partial charge in [-0.15, -0.1) is 0 Å². The maximum atomic E-state index is 13.6. The fourth-order valence-corrected chi connectivity index (χ4v) is 9.54. The molecule has 0 aliphatic heterocycles. The minimum Gasteiger partial charge on any atom is -0.493 e. The number of methoxy groups -OCH3 is 2. The first kappa shape index (κ1) is 33.9. The van der Waals surface area contributed by atoms with Crippen molar-refractivity contribution < 1.29 is 56.8 Å². The van der Waals surface area contributed by atoms with Crippen LogP contribution in [0.4, 0.5) is 26.3 Å². The maximum Gasteiger partial charge on any atom is 0.534 e. The van der Waals surface area contributed by atoms with Gasteiger partial charge in [-0.2, -0.15) is 34.8 Å². The number of sulfonamides is 1. The molecule has 0 heterocycles. The first-order chi connectivity index (χ1) is 19.5. The van der Waals surface area contributed by atoms with Gasteiger partial charge >= 0.3 is 31.2 Å². The molecule has 43 heavy (non-hydrogen) atoms. The number of halogens is 6. The summed E-state index contributed by atoms with van der Waals surface area (Å²) in [7, 11) is -9.88. The minimum atomic E-state index is -6.28. The summed E-state index contributed by atoms with van der Waals surface area (Å²) in [4.78, 5) is 0. The van der Waals surface area contributed by atoms with E-state index in [1.54, 1.807) is 4.72 Å². The zero-order valence-corrected chi connectivity index (χ0v) is 26.3. The number of benzene rings is 1. The van der Waals surface area contributed by atoms with Gasteiger partial charge < -0.3 is 13.7 Å². The normalized spacial score (nSPS) is 30.9. The molecule has 4 rings (SSSR count). The second-order valence-corrected chi connectivity index (χ2v) is 16.3. The van der Waals surface area contributed by atoms with Crippen molar-refractivity contribution >= 4 is 20.1 Å². The summed E-state index contributed by atoms with van der Waals surface area (Å²) in [5.41, 5.74) is -12.5. The van der Waals surface area contributed by atoms with E-state index in [9.17, 15) is 43.2 Å². The van der Waals surface area contributed by atoms with Crippen molar-refractivity contribution in [3.63, 3.8) is 0 Å². The molecule has 3 aliphatic rings. The Labute approximate surface area is 248 Å². The van der Waals surface area contributed by atoms with Crippen molar-refractivity contribution in [2.24, 2.45) is 22.7 Å². The number of hydrogen-bond donors (Lipinski definition) is 1. The van der Waals surface area contributed by atoms with Crippen LogP contribution >= 0.6 is 0 Å². The van der Waals surface area contributed by atoms with E-state index < -0.39 is 60.5 Å². The first-order valence-electron chi connectivity index (χ1n) is 13.8. The number of nitrogens with one attached hydrogen (secondary N) is 1. The Morgan fingerprint density at radius 2 is 1.51 bits per heavy atom. The van der Waals surface area contributed by atoms with E-state index in [1.165, 1.54) is 13.2 Å². The van der Waals surface area contributed by atoms with Gasteiger partial charge in [0.25, 0.3) is 0 Å². The summed E-state index contributed by atoms with van der Waals surface area (Å²) in [6, 6.07) is 1.50. The number of alkyl halides is 6. The maximum absolute atomic E-state index is 13.6. The van der Waals surface area contributed by atoms with Gasteiger partial charge in [0.05, 0.1) is 14.2 Å². The fourth-order valence-electron chi connectivity index (χ4n) is 8.47. The topological polar surface area (TPSA) is 108 Å². The van der Waals surface area contributed by atoms with E-state index in [1.807, 2.05) is 6.92 Å². The Morgan fingerprint density at radius 1 is 0.884 bits per heavy atom. The monoisotopic (exact) mass is 665 g/mol. The van der Waals surface area contributed by atoms with Crippen LogP contribution in [-0.4, -0.2) is 48.6 Å². The van der Waals surface area contributed by atoms with Gasteiger partial charge in [-0.25, -0.2) is 13.1 Å². The van der Waals surface area contributed by atoms with Crippen molar-refractivity contribution in [1.82, 2.24) is 4.72 Å². The van der Waals surface area contributed by atoms with Crippen LogP contribution < -0.4 is 18.4 Å². The Morgan fingerprint density at radius 3 is 2.05 bits per heavy atom. The van der Waals surface area contributed by atoms with E-state index in [2.05, 4.69) is 20.8 Å². The molecule has 8 nitrogen and oxygen atoms in total. The van der Waals surface area contributed by atoms with Gasteiger partial charge in [-0.1, -0.05) is 34.1 Å². The largest absolute Gasteiger partial charge is 0.534 e. The third-order valence-corrected chi connectivity index (χ3v) is 12.4. The molecular formula is C27H37F6NO7S2. The Hall–Kier alpha value is -1.94. The van der Waals surface area contributed by atoms with Crippen molar-refractivity contribution in [2.45, 2.75) is 88.6 Å². The predicted molar refractivity (Wildman–Crippen MR) is 145 cm³/mol. The number of ether oxygens (including phenoxy) is 2. The van der Waals surface area contributed by atoms with Crippen LogP contribution in [0.3, 0.4) is 0 Å². The highest BCUT2D eigenvalue weighted by atomic mass is 32.2. The fraction of sp³-hybridized carbons (Fsp3) is 0.778. The van der Waals surface area contributed by atoms with Crippen LogP contribution in [0.5, 0.6) is 17.2 Å². The summed E-state index contributed by atoms with van der Waals surface area (Å²) in [6.07, 6.45) is 3.99. The van der Waals surface area contributed by atoms with E-state index in [0.717, 1.165) is 32.8 Å². The highest BCUT2D eigenvalue weighted by Gasteiger charge is 2.62. The standard InChI is InChI=1S/C27H37F6NO7S2/c1-23(2)9-7-10-25(4)18(23)8-11-24(3)16-13-17(39-5)21(40-6)22(41-43(37,38)27(31,32)33)20(16)15(12-19(24)25)14-34-42(35,36)26(28,29)30/h13,15,18-19,34H,7-12,14H2,1-6H3/t15-,18+,19+,24+,25+/m1/s1. The smallest absolute Gasteiger partial charge is 0.493 e. The lowest BCUT2D eigenvalue weighted by Gasteiger charge is -2.65. The second kappa shape index (κ2) is 10.6. The molecule has 246 valence electrons. The molecule has 0 amide bonds. The average Bonchev–Trinajstić information content (AvgIpc) is 2.85. The molecule has 1 aromatic rings. The molecule has 0 bridgehead atoms. The lowest BCUT2D eigenvalue weighted by Crippen LogP contribution is -2.58. The molecule has 0 unspecified atom stereocenters. The molecule has 1 N–H and O–H groups in total. The molecule has 3 aliphatic carbocycles. The lowest BCUT2D eigenvalue weighted by molar-refractivity contribution is -0.113. The second-order valence-electron chi connectivity index (χ2n) is 13.0. The number of fused-ring (bicyclic) bond motifs is 5. The van der Waals surface area contributed by atoms with Crippen LogP contribution in [-0.2, 0) is 25.6 Å². The minimum absolute atomic E-state index is 0.0604. The van der Waals surface area contributed by atoms with Gasteiger partial charge in [0.15, 0.2) is 11.5 Å². The quantitative estimate of drug-likeness (QED) is 0.205. The van der Waals surface area contributed by atoms with Gasteiger partial charge in [0.1, 0.15) is 0 Å². The van der Waals surface area contributed by atoms with E-state index in [0.29, 0.717) is 12.0 Å². The SMILES string of the molecule is COc1cc2c(c(OS(=O)(=O)C(F)(F)F)c1OC)[C@@H](CNS(=O)(=O)C(F)(F)F)C[C@@H]1[C@@]3(C)CCCC(C)(C)[C@@H]3CC[C@@]21C. The Bertz CT molecular complexity index is 1480. The van der Waals surface area contributed by atoms with Crippen LogP contribution in [0, 0.1) is 22.7 Å². The summed E-state index contributed by atoms with van der Waals surface area (Å²) >= 11 is 0. The molecule has 0 saturated heterocycles. The number of hydrogen-bond acceptors (Lipinski definition) is 7. The molecule has 2 fully saturated rings. The molecule has 0 radical (unpaired) electrons. The van der Waals surface area contributed by atoms with Crippen LogP contribution in [0.25, 0.3) is 0 Å². The van der Waals surface area contributed by atoms with Gasteiger partial charge in [-0.3, -0.25) is 0 Å². The average molecular weight is 666 g/mol.